The zero-order chi connectivity index (χ0) is 12.4. The lowest BCUT2D eigenvalue weighted by atomic mass is 10.2. The van der Waals surface area contributed by atoms with Crippen LogP contribution in [0.1, 0.15) is 6.42 Å². The number of halogens is 1. The van der Waals surface area contributed by atoms with Gasteiger partial charge in [0.05, 0.1) is 4.92 Å². The van der Waals surface area contributed by atoms with Crippen LogP contribution in [0.25, 0.3) is 0 Å². The number of hydrogen-bond donors (Lipinski definition) is 1. The van der Waals surface area contributed by atoms with E-state index in [4.69, 9.17) is 0 Å². The van der Waals surface area contributed by atoms with Crippen LogP contribution in [0.15, 0.2) is 18.2 Å². The first-order chi connectivity index (χ1) is 8.11. The molecule has 0 amide bonds. The third-order valence-corrected chi connectivity index (χ3v) is 3.74. The second-order valence-corrected chi connectivity index (χ2v) is 5.36. The summed E-state index contributed by atoms with van der Waals surface area (Å²) < 4.78 is 0.891. The molecule has 1 aromatic carbocycles. The van der Waals surface area contributed by atoms with Crippen LogP contribution in [-0.2, 0) is 0 Å². The topological polar surface area (TPSA) is 58.4 Å². The number of nitro benzene ring substituents is 1. The van der Waals surface area contributed by atoms with E-state index in [0.717, 1.165) is 28.8 Å². The molecule has 17 heavy (non-hydrogen) atoms. The van der Waals surface area contributed by atoms with Gasteiger partial charge in [-0.15, -0.1) is 0 Å². The summed E-state index contributed by atoms with van der Waals surface area (Å²) in [5.41, 5.74) is 0.932. The maximum Gasteiger partial charge on any atom is 0.293 e. The monoisotopic (exact) mass is 347 g/mol. The lowest BCUT2D eigenvalue weighted by Crippen LogP contribution is -2.29. The van der Waals surface area contributed by atoms with Gasteiger partial charge in [-0.25, -0.2) is 0 Å². The normalized spacial score (nSPS) is 19.6. The summed E-state index contributed by atoms with van der Waals surface area (Å²) in [6, 6.07) is 5.81. The molecule has 1 N–H and O–H groups in total. The van der Waals surface area contributed by atoms with E-state index < -0.39 is 0 Å². The van der Waals surface area contributed by atoms with Gasteiger partial charge in [-0.3, -0.25) is 10.1 Å². The summed E-state index contributed by atoms with van der Waals surface area (Å²) >= 11 is 2.09. The maximum absolute atomic E-state index is 11.0. The molecule has 1 saturated heterocycles. The zero-order valence-corrected chi connectivity index (χ0v) is 11.7. The fourth-order valence-electron chi connectivity index (χ4n) is 2.12. The van der Waals surface area contributed by atoms with Crippen molar-refractivity contribution < 1.29 is 4.92 Å². The highest BCUT2D eigenvalue weighted by Gasteiger charge is 2.26. The minimum atomic E-state index is -0.301. The third kappa shape index (κ3) is 2.68. The predicted octanol–water partition coefficient (Wildman–Crippen LogP) is 2.00. The molecule has 1 aliphatic rings. The van der Waals surface area contributed by atoms with Gasteiger partial charge < -0.3 is 10.2 Å². The molecule has 0 aliphatic carbocycles. The van der Waals surface area contributed by atoms with Crippen LogP contribution in [0.4, 0.5) is 11.4 Å². The maximum atomic E-state index is 11.0. The van der Waals surface area contributed by atoms with E-state index >= 15 is 0 Å². The summed E-state index contributed by atoms with van der Waals surface area (Å²) in [7, 11) is 1.93. The molecule has 0 aromatic heterocycles. The first-order valence-corrected chi connectivity index (χ1v) is 6.56. The molecule has 6 heteroatoms. The summed E-state index contributed by atoms with van der Waals surface area (Å²) in [5.74, 6) is 0. The first-order valence-electron chi connectivity index (χ1n) is 5.48. The Morgan fingerprint density at radius 2 is 2.35 bits per heavy atom. The molecule has 1 fully saturated rings. The number of nitro groups is 1. The molecule has 0 bridgehead atoms. The van der Waals surface area contributed by atoms with E-state index in [0.29, 0.717) is 6.04 Å². The number of nitrogens with zero attached hydrogens (tertiary/aromatic N) is 2. The molecule has 0 saturated carbocycles. The number of rotatable bonds is 3. The van der Waals surface area contributed by atoms with Crippen molar-refractivity contribution in [1.29, 1.82) is 0 Å². The molecular weight excluding hydrogens is 333 g/mol. The SMILES string of the molecule is CNC1CCN(c2ccc(I)cc2[N+](=O)[O-])C1. The Balaban J connectivity index is 2.29. The Bertz CT molecular complexity index is 439. The molecular formula is C11H14IN3O2. The number of likely N-dealkylation sites (N-methyl/N-ethyl adjacent to an activating group) is 1. The minimum Gasteiger partial charge on any atom is -0.364 e. The summed E-state index contributed by atoms with van der Waals surface area (Å²) in [4.78, 5) is 12.8. The standard InChI is InChI=1S/C11H14IN3O2/c1-13-9-4-5-14(7-9)10-3-2-8(12)6-11(10)15(16)17/h2-3,6,9,13H,4-5,7H2,1H3. The van der Waals surface area contributed by atoms with E-state index in [1.165, 1.54) is 0 Å². The Kier molecular flexibility index (Phi) is 3.82. The summed E-state index contributed by atoms with van der Waals surface area (Å²) in [5, 5.41) is 14.3. The average molecular weight is 347 g/mol. The predicted molar refractivity (Wildman–Crippen MR) is 75.5 cm³/mol. The molecule has 1 unspecified atom stereocenters. The fourth-order valence-corrected chi connectivity index (χ4v) is 2.60. The molecule has 5 nitrogen and oxygen atoms in total. The number of benzene rings is 1. The Hall–Kier alpha value is -0.890. The summed E-state index contributed by atoms with van der Waals surface area (Å²) in [6.45, 7) is 1.70. The molecule has 0 radical (unpaired) electrons. The smallest absolute Gasteiger partial charge is 0.293 e. The molecule has 1 heterocycles. The summed E-state index contributed by atoms with van der Waals surface area (Å²) in [6.07, 6.45) is 1.03. The van der Waals surface area contributed by atoms with Gasteiger partial charge in [0.15, 0.2) is 0 Å². The van der Waals surface area contributed by atoms with Gasteiger partial charge in [0.2, 0.25) is 0 Å². The molecule has 1 aromatic rings. The number of nitrogens with one attached hydrogen (secondary N) is 1. The average Bonchev–Trinajstić information content (AvgIpc) is 2.77. The van der Waals surface area contributed by atoms with Gasteiger partial charge in [-0.05, 0) is 48.2 Å². The van der Waals surface area contributed by atoms with Crippen LogP contribution in [-0.4, -0.2) is 31.1 Å². The lowest BCUT2D eigenvalue weighted by Gasteiger charge is -2.18. The number of anilines is 1. The van der Waals surface area contributed by atoms with Crippen molar-refractivity contribution >= 4 is 34.0 Å². The molecule has 0 spiro atoms. The van der Waals surface area contributed by atoms with Crippen LogP contribution < -0.4 is 10.2 Å². The lowest BCUT2D eigenvalue weighted by molar-refractivity contribution is -0.384. The zero-order valence-electron chi connectivity index (χ0n) is 9.52. The van der Waals surface area contributed by atoms with Crippen molar-refractivity contribution in [1.82, 2.24) is 5.32 Å². The van der Waals surface area contributed by atoms with Crippen LogP contribution in [0.5, 0.6) is 0 Å². The van der Waals surface area contributed by atoms with Crippen molar-refractivity contribution in [2.75, 3.05) is 25.0 Å². The van der Waals surface area contributed by atoms with Gasteiger partial charge in [0.1, 0.15) is 5.69 Å². The molecule has 2 rings (SSSR count). The second-order valence-electron chi connectivity index (χ2n) is 4.11. The van der Waals surface area contributed by atoms with E-state index in [9.17, 15) is 10.1 Å². The van der Waals surface area contributed by atoms with Crippen molar-refractivity contribution in [3.63, 3.8) is 0 Å². The fraction of sp³-hybridized carbons (Fsp3) is 0.455. The highest BCUT2D eigenvalue weighted by molar-refractivity contribution is 14.1. The second kappa shape index (κ2) is 5.18. The highest BCUT2D eigenvalue weighted by Crippen LogP contribution is 2.31. The van der Waals surface area contributed by atoms with Crippen molar-refractivity contribution in [3.05, 3.63) is 31.9 Å². The van der Waals surface area contributed by atoms with Gasteiger partial charge in [-0.1, -0.05) is 0 Å². The van der Waals surface area contributed by atoms with Crippen LogP contribution >= 0.6 is 22.6 Å². The van der Waals surface area contributed by atoms with Gasteiger partial charge in [-0.2, -0.15) is 0 Å². The Morgan fingerprint density at radius 3 is 2.94 bits per heavy atom. The van der Waals surface area contributed by atoms with E-state index in [2.05, 4.69) is 32.8 Å². The van der Waals surface area contributed by atoms with Gasteiger partial charge in [0, 0.05) is 28.8 Å². The van der Waals surface area contributed by atoms with Gasteiger partial charge in [0.25, 0.3) is 5.69 Å². The van der Waals surface area contributed by atoms with Crippen molar-refractivity contribution in [2.24, 2.45) is 0 Å². The minimum absolute atomic E-state index is 0.202. The Morgan fingerprint density at radius 1 is 1.59 bits per heavy atom. The molecule has 92 valence electrons. The van der Waals surface area contributed by atoms with Crippen molar-refractivity contribution in [3.8, 4) is 0 Å². The van der Waals surface area contributed by atoms with Gasteiger partial charge >= 0.3 is 0 Å². The largest absolute Gasteiger partial charge is 0.364 e. The number of hydrogen-bond acceptors (Lipinski definition) is 4. The van der Waals surface area contributed by atoms with E-state index in [1.54, 1.807) is 6.07 Å². The van der Waals surface area contributed by atoms with Crippen LogP contribution in [0.3, 0.4) is 0 Å². The third-order valence-electron chi connectivity index (χ3n) is 3.07. The first kappa shape index (κ1) is 12.6. The molecule has 1 atom stereocenters. The van der Waals surface area contributed by atoms with Crippen LogP contribution in [0.2, 0.25) is 0 Å². The van der Waals surface area contributed by atoms with E-state index in [1.807, 2.05) is 19.2 Å². The quantitative estimate of drug-likeness (QED) is 0.516. The van der Waals surface area contributed by atoms with Crippen molar-refractivity contribution in [2.45, 2.75) is 12.5 Å². The molecule has 1 aliphatic heterocycles. The van der Waals surface area contributed by atoms with E-state index in [-0.39, 0.29) is 10.6 Å². The highest BCUT2D eigenvalue weighted by atomic mass is 127. The Labute approximate surface area is 113 Å². The van der Waals surface area contributed by atoms with Crippen LogP contribution in [0, 0.1) is 13.7 Å².